The number of hydrogen-bond donors (Lipinski definition) is 1. The van der Waals surface area contributed by atoms with Crippen molar-refractivity contribution in [3.63, 3.8) is 0 Å². The summed E-state index contributed by atoms with van der Waals surface area (Å²) in [6, 6.07) is 4.00. The molecule has 0 bridgehead atoms. The fraction of sp³-hybridized carbons (Fsp3) is 0.400. The maximum absolute atomic E-state index is 13.0. The van der Waals surface area contributed by atoms with Crippen molar-refractivity contribution in [2.45, 2.75) is 12.6 Å². The second kappa shape index (κ2) is 7.10. The third-order valence-electron chi connectivity index (χ3n) is 3.46. The van der Waals surface area contributed by atoms with E-state index in [-0.39, 0.29) is 17.6 Å². The van der Waals surface area contributed by atoms with Crippen LogP contribution in [0.2, 0.25) is 0 Å². The number of pyridine rings is 1. The third-order valence-corrected chi connectivity index (χ3v) is 3.46. The molecule has 9 heteroatoms. The summed E-state index contributed by atoms with van der Waals surface area (Å²) in [6.45, 7) is 1.58. The van der Waals surface area contributed by atoms with Gasteiger partial charge >= 0.3 is 6.18 Å². The van der Waals surface area contributed by atoms with Crippen LogP contribution in [0.4, 0.5) is 19.0 Å². The molecule has 0 spiro atoms. The van der Waals surface area contributed by atoms with Crippen molar-refractivity contribution in [1.82, 2.24) is 15.0 Å². The predicted octanol–water partition coefficient (Wildman–Crippen LogP) is 2.94. The summed E-state index contributed by atoms with van der Waals surface area (Å²) < 4.78 is 44.3. The minimum atomic E-state index is -4.59. The van der Waals surface area contributed by atoms with E-state index < -0.39 is 11.9 Å². The molecule has 0 amide bonds. The second-order valence-electron chi connectivity index (χ2n) is 5.34. The number of alkyl halides is 3. The van der Waals surface area contributed by atoms with Crippen molar-refractivity contribution in [2.24, 2.45) is 5.92 Å². The number of hydrogen-bond acceptors (Lipinski definition) is 6. The van der Waals surface area contributed by atoms with Crippen LogP contribution in [0, 0.1) is 5.92 Å². The Morgan fingerprint density at radius 3 is 2.88 bits per heavy atom. The zero-order valence-electron chi connectivity index (χ0n) is 12.6. The minimum absolute atomic E-state index is 0.0601. The Labute approximate surface area is 136 Å². The number of anilines is 1. The lowest BCUT2D eigenvalue weighted by Crippen LogP contribution is -2.15. The molecule has 3 heterocycles. The molecule has 1 saturated heterocycles. The van der Waals surface area contributed by atoms with Crippen LogP contribution in [0.25, 0.3) is 11.4 Å². The Kier molecular flexibility index (Phi) is 4.91. The summed E-state index contributed by atoms with van der Waals surface area (Å²) in [5, 5.41) is 0. The Hall–Kier alpha value is -2.26. The second-order valence-corrected chi connectivity index (χ2v) is 5.34. The van der Waals surface area contributed by atoms with Gasteiger partial charge in [-0.25, -0.2) is 15.4 Å². The van der Waals surface area contributed by atoms with E-state index in [0.29, 0.717) is 25.4 Å². The first-order valence-corrected chi connectivity index (χ1v) is 7.34. The van der Waals surface area contributed by atoms with Crippen LogP contribution < -0.4 is 5.48 Å². The first-order valence-electron chi connectivity index (χ1n) is 7.34. The Balaban J connectivity index is 1.79. The third kappa shape index (κ3) is 4.18. The molecule has 1 aliphatic rings. The molecule has 128 valence electrons. The van der Waals surface area contributed by atoms with Crippen molar-refractivity contribution in [3.8, 4) is 11.4 Å². The molecular weight excluding hydrogens is 325 g/mol. The van der Waals surface area contributed by atoms with E-state index in [9.17, 15) is 13.2 Å². The van der Waals surface area contributed by atoms with Gasteiger partial charge in [-0.15, -0.1) is 0 Å². The molecule has 0 aromatic carbocycles. The van der Waals surface area contributed by atoms with E-state index in [2.05, 4.69) is 20.4 Å². The van der Waals surface area contributed by atoms with Gasteiger partial charge in [0.25, 0.3) is 0 Å². The van der Waals surface area contributed by atoms with E-state index in [1.165, 1.54) is 12.4 Å². The molecule has 0 aliphatic carbocycles. The van der Waals surface area contributed by atoms with Crippen LogP contribution >= 0.6 is 0 Å². The fourth-order valence-electron chi connectivity index (χ4n) is 2.22. The number of nitrogens with one attached hydrogen (secondary N) is 1. The zero-order chi connectivity index (χ0) is 17.0. The summed E-state index contributed by atoms with van der Waals surface area (Å²) in [5.74, 6) is 0.0857. The van der Waals surface area contributed by atoms with Gasteiger partial charge in [0, 0.05) is 36.5 Å². The summed E-state index contributed by atoms with van der Waals surface area (Å²) in [6.07, 6.45) is -0.811. The van der Waals surface area contributed by atoms with Gasteiger partial charge in [0.2, 0.25) is 0 Å². The molecule has 1 fully saturated rings. The van der Waals surface area contributed by atoms with Gasteiger partial charge in [-0.3, -0.25) is 9.82 Å². The quantitative estimate of drug-likeness (QED) is 0.844. The van der Waals surface area contributed by atoms with Gasteiger partial charge in [0.15, 0.2) is 17.3 Å². The molecule has 1 aliphatic heterocycles. The molecule has 3 rings (SSSR count). The Morgan fingerprint density at radius 1 is 1.33 bits per heavy atom. The molecule has 0 radical (unpaired) electrons. The normalized spacial score (nSPS) is 17.9. The smallest absolute Gasteiger partial charge is 0.381 e. The first kappa shape index (κ1) is 16.6. The van der Waals surface area contributed by atoms with Gasteiger partial charge in [-0.2, -0.15) is 13.2 Å². The van der Waals surface area contributed by atoms with Crippen molar-refractivity contribution >= 4 is 5.82 Å². The zero-order valence-corrected chi connectivity index (χ0v) is 12.6. The van der Waals surface area contributed by atoms with Crippen molar-refractivity contribution in [1.29, 1.82) is 0 Å². The molecular formula is C15H15F3N4O2. The molecule has 1 atom stereocenters. The Bertz CT molecular complexity index is 676. The number of rotatable bonds is 5. The number of ether oxygens (including phenoxy) is 1. The van der Waals surface area contributed by atoms with Crippen LogP contribution in [0.1, 0.15) is 12.1 Å². The average Bonchev–Trinajstić information content (AvgIpc) is 3.08. The maximum atomic E-state index is 13.0. The summed E-state index contributed by atoms with van der Waals surface area (Å²) in [7, 11) is 0. The lowest BCUT2D eigenvalue weighted by Gasteiger charge is -2.13. The average molecular weight is 340 g/mol. The van der Waals surface area contributed by atoms with Gasteiger partial charge in [0.05, 0.1) is 13.2 Å². The highest BCUT2D eigenvalue weighted by atomic mass is 19.4. The molecule has 1 unspecified atom stereocenters. The summed E-state index contributed by atoms with van der Waals surface area (Å²) in [5.41, 5.74) is 1.80. The van der Waals surface area contributed by atoms with Gasteiger partial charge in [-0.05, 0) is 18.6 Å². The lowest BCUT2D eigenvalue weighted by molar-refractivity contribution is -0.141. The van der Waals surface area contributed by atoms with Crippen LogP contribution in [-0.2, 0) is 15.8 Å². The van der Waals surface area contributed by atoms with Crippen LogP contribution in [0.15, 0.2) is 30.6 Å². The van der Waals surface area contributed by atoms with Crippen molar-refractivity contribution in [2.75, 3.05) is 25.3 Å². The largest absolute Gasteiger partial charge is 0.433 e. The minimum Gasteiger partial charge on any atom is -0.381 e. The molecule has 2 aromatic rings. The number of nitrogens with zero attached hydrogens (tertiary/aromatic N) is 3. The molecule has 0 saturated carbocycles. The highest BCUT2D eigenvalue weighted by molar-refractivity contribution is 5.56. The van der Waals surface area contributed by atoms with E-state index in [4.69, 9.17) is 9.57 Å². The molecule has 6 nitrogen and oxygen atoms in total. The fourth-order valence-corrected chi connectivity index (χ4v) is 2.22. The molecule has 2 aromatic heterocycles. The number of halogens is 3. The van der Waals surface area contributed by atoms with Gasteiger partial charge in [0.1, 0.15) is 0 Å². The first-order chi connectivity index (χ1) is 11.5. The monoisotopic (exact) mass is 340 g/mol. The summed E-state index contributed by atoms with van der Waals surface area (Å²) in [4.78, 5) is 16.8. The van der Waals surface area contributed by atoms with E-state index >= 15 is 0 Å². The van der Waals surface area contributed by atoms with E-state index in [1.54, 1.807) is 12.1 Å². The Morgan fingerprint density at radius 2 is 2.21 bits per heavy atom. The predicted molar refractivity (Wildman–Crippen MR) is 78.8 cm³/mol. The highest BCUT2D eigenvalue weighted by Crippen LogP contribution is 2.30. The molecule has 24 heavy (non-hydrogen) atoms. The molecule has 1 N–H and O–H groups in total. The van der Waals surface area contributed by atoms with E-state index in [1.807, 2.05) is 0 Å². The SMILES string of the molecule is FC(F)(F)c1cc(NOCC2CCOC2)nc(-c2cccnc2)n1. The van der Waals surface area contributed by atoms with Crippen molar-refractivity contribution < 1.29 is 22.7 Å². The van der Waals surface area contributed by atoms with E-state index in [0.717, 1.165) is 12.5 Å². The topological polar surface area (TPSA) is 69.2 Å². The summed E-state index contributed by atoms with van der Waals surface area (Å²) >= 11 is 0. The van der Waals surface area contributed by atoms with Gasteiger partial charge in [-0.1, -0.05) is 0 Å². The van der Waals surface area contributed by atoms with Crippen LogP contribution in [0.5, 0.6) is 0 Å². The standard InChI is InChI=1S/C15H15F3N4O2/c16-15(17,18)12-6-13(22-24-9-10-3-5-23-8-10)21-14(20-12)11-2-1-4-19-7-11/h1-2,4,6-7,10H,3,5,8-9H2,(H,20,21,22). The van der Waals surface area contributed by atoms with Crippen molar-refractivity contribution in [3.05, 3.63) is 36.3 Å². The van der Waals surface area contributed by atoms with Crippen LogP contribution in [0.3, 0.4) is 0 Å². The lowest BCUT2D eigenvalue weighted by atomic mass is 10.1. The van der Waals surface area contributed by atoms with Crippen LogP contribution in [-0.4, -0.2) is 34.8 Å². The highest BCUT2D eigenvalue weighted by Gasteiger charge is 2.34. The number of aromatic nitrogens is 3. The maximum Gasteiger partial charge on any atom is 0.433 e. The van der Waals surface area contributed by atoms with Gasteiger partial charge < -0.3 is 4.74 Å².